The summed E-state index contributed by atoms with van der Waals surface area (Å²) in [6.07, 6.45) is -4.35. The SMILES string of the molecule is COc1cc(C=C2C(=O)OC(C)(C)OC2=O)c(F)c(C(F)(F)F)c1. The Morgan fingerprint density at radius 1 is 1.12 bits per heavy atom. The summed E-state index contributed by atoms with van der Waals surface area (Å²) < 4.78 is 67.0. The van der Waals surface area contributed by atoms with Gasteiger partial charge in [0.15, 0.2) is 0 Å². The molecule has 0 radical (unpaired) electrons. The zero-order valence-corrected chi connectivity index (χ0v) is 12.8. The van der Waals surface area contributed by atoms with Gasteiger partial charge in [-0.25, -0.2) is 14.0 Å². The van der Waals surface area contributed by atoms with Gasteiger partial charge in [-0.2, -0.15) is 13.2 Å². The number of carbonyl (C=O) groups excluding carboxylic acids is 2. The first-order valence-electron chi connectivity index (χ1n) is 6.58. The van der Waals surface area contributed by atoms with E-state index in [0.29, 0.717) is 12.1 Å². The van der Waals surface area contributed by atoms with Crippen LogP contribution in [0.25, 0.3) is 6.08 Å². The number of rotatable bonds is 2. The van der Waals surface area contributed by atoms with Gasteiger partial charge in [-0.1, -0.05) is 0 Å². The summed E-state index contributed by atoms with van der Waals surface area (Å²) in [7, 11) is 1.09. The Labute approximate surface area is 133 Å². The number of cyclic esters (lactones) is 2. The molecule has 2 rings (SSSR count). The van der Waals surface area contributed by atoms with E-state index >= 15 is 0 Å². The van der Waals surface area contributed by atoms with Crippen molar-refractivity contribution in [3.05, 3.63) is 34.6 Å². The van der Waals surface area contributed by atoms with Gasteiger partial charge in [0.1, 0.15) is 17.1 Å². The third kappa shape index (κ3) is 3.50. The summed E-state index contributed by atoms with van der Waals surface area (Å²) in [4.78, 5) is 23.6. The van der Waals surface area contributed by atoms with Crippen LogP contribution in [-0.4, -0.2) is 24.8 Å². The maximum absolute atomic E-state index is 14.1. The number of benzene rings is 1. The number of halogens is 4. The first-order chi connectivity index (χ1) is 10.9. The van der Waals surface area contributed by atoms with Crippen LogP contribution in [0.5, 0.6) is 5.75 Å². The normalized spacial score (nSPS) is 17.2. The van der Waals surface area contributed by atoms with Crippen LogP contribution in [0.15, 0.2) is 17.7 Å². The first kappa shape index (κ1) is 17.8. The van der Waals surface area contributed by atoms with Crippen molar-refractivity contribution in [3.8, 4) is 5.75 Å². The lowest BCUT2D eigenvalue weighted by molar-refractivity contribution is -0.222. The molecule has 0 atom stereocenters. The van der Waals surface area contributed by atoms with E-state index in [0.717, 1.165) is 13.2 Å². The van der Waals surface area contributed by atoms with Crippen LogP contribution in [0.1, 0.15) is 25.0 Å². The predicted molar refractivity (Wildman–Crippen MR) is 72.2 cm³/mol. The minimum Gasteiger partial charge on any atom is -0.497 e. The molecule has 1 fully saturated rings. The second-order valence-electron chi connectivity index (χ2n) is 5.31. The highest BCUT2D eigenvalue weighted by Crippen LogP contribution is 2.36. The summed E-state index contributed by atoms with van der Waals surface area (Å²) in [5.41, 5.74) is -2.98. The lowest BCUT2D eigenvalue weighted by Gasteiger charge is -2.29. The summed E-state index contributed by atoms with van der Waals surface area (Å²) >= 11 is 0. The molecule has 1 aromatic carbocycles. The van der Waals surface area contributed by atoms with Crippen molar-refractivity contribution in [3.63, 3.8) is 0 Å². The van der Waals surface area contributed by atoms with Gasteiger partial charge in [-0.3, -0.25) is 0 Å². The molecule has 1 aliphatic rings. The molecule has 0 N–H and O–H groups in total. The highest BCUT2D eigenvalue weighted by atomic mass is 19.4. The minimum absolute atomic E-state index is 0.298. The molecule has 9 heteroatoms. The number of esters is 2. The fourth-order valence-corrected chi connectivity index (χ4v) is 1.98. The number of ether oxygens (including phenoxy) is 3. The third-order valence-corrected chi connectivity index (χ3v) is 3.03. The molecular formula is C15H12F4O5. The van der Waals surface area contributed by atoms with Crippen molar-refractivity contribution in [2.24, 2.45) is 0 Å². The van der Waals surface area contributed by atoms with Crippen molar-refractivity contribution >= 4 is 18.0 Å². The molecule has 0 bridgehead atoms. The Hall–Kier alpha value is -2.58. The molecule has 0 unspecified atom stereocenters. The molecular weight excluding hydrogens is 336 g/mol. The van der Waals surface area contributed by atoms with Crippen LogP contribution in [0.2, 0.25) is 0 Å². The molecule has 130 valence electrons. The van der Waals surface area contributed by atoms with Gasteiger partial charge in [0.25, 0.3) is 5.79 Å². The molecule has 1 aromatic rings. The second-order valence-corrected chi connectivity index (χ2v) is 5.31. The van der Waals surface area contributed by atoms with Gasteiger partial charge in [-0.05, 0) is 18.2 Å². The van der Waals surface area contributed by atoms with Crippen molar-refractivity contribution in [1.29, 1.82) is 0 Å². The monoisotopic (exact) mass is 348 g/mol. The average molecular weight is 348 g/mol. The van der Waals surface area contributed by atoms with Gasteiger partial charge >= 0.3 is 18.1 Å². The Kier molecular flexibility index (Phi) is 4.30. The van der Waals surface area contributed by atoms with Gasteiger partial charge in [0, 0.05) is 19.4 Å². The summed E-state index contributed by atoms with van der Waals surface area (Å²) in [6.45, 7) is 2.60. The summed E-state index contributed by atoms with van der Waals surface area (Å²) in [6, 6.07) is 1.38. The molecule has 1 saturated heterocycles. The van der Waals surface area contributed by atoms with Crippen molar-refractivity contribution in [2.45, 2.75) is 25.8 Å². The predicted octanol–water partition coefficient (Wildman–Crippen LogP) is 3.07. The van der Waals surface area contributed by atoms with Gasteiger partial charge in [0.05, 0.1) is 12.7 Å². The van der Waals surface area contributed by atoms with E-state index < -0.39 is 46.4 Å². The van der Waals surface area contributed by atoms with E-state index in [4.69, 9.17) is 14.2 Å². The van der Waals surface area contributed by atoms with E-state index in [1.807, 2.05) is 0 Å². The van der Waals surface area contributed by atoms with Crippen LogP contribution in [0, 0.1) is 5.82 Å². The van der Waals surface area contributed by atoms with Gasteiger partial charge < -0.3 is 14.2 Å². The lowest BCUT2D eigenvalue weighted by atomic mass is 10.0. The maximum Gasteiger partial charge on any atom is 0.419 e. The first-order valence-corrected chi connectivity index (χ1v) is 6.58. The summed E-state index contributed by atoms with van der Waals surface area (Å²) in [5.74, 6) is -5.73. The van der Waals surface area contributed by atoms with Crippen LogP contribution in [-0.2, 0) is 25.2 Å². The molecule has 0 saturated carbocycles. The van der Waals surface area contributed by atoms with E-state index in [2.05, 4.69) is 0 Å². The van der Waals surface area contributed by atoms with Crippen LogP contribution < -0.4 is 4.74 Å². The quantitative estimate of drug-likeness (QED) is 0.356. The van der Waals surface area contributed by atoms with Crippen LogP contribution in [0.3, 0.4) is 0 Å². The van der Waals surface area contributed by atoms with Gasteiger partial charge in [-0.15, -0.1) is 0 Å². The van der Waals surface area contributed by atoms with Crippen molar-refractivity contribution in [2.75, 3.05) is 7.11 Å². The summed E-state index contributed by atoms with van der Waals surface area (Å²) in [5, 5.41) is 0. The fourth-order valence-electron chi connectivity index (χ4n) is 1.98. The Morgan fingerprint density at radius 2 is 1.67 bits per heavy atom. The topological polar surface area (TPSA) is 61.8 Å². The smallest absolute Gasteiger partial charge is 0.419 e. The molecule has 24 heavy (non-hydrogen) atoms. The molecule has 0 spiro atoms. The number of methoxy groups -OCH3 is 1. The van der Waals surface area contributed by atoms with E-state index in [1.165, 1.54) is 13.8 Å². The molecule has 0 aromatic heterocycles. The number of hydrogen-bond acceptors (Lipinski definition) is 5. The Balaban J connectivity index is 2.57. The largest absolute Gasteiger partial charge is 0.497 e. The number of carbonyl (C=O) groups is 2. The molecule has 0 aliphatic carbocycles. The minimum atomic E-state index is -4.98. The zero-order chi connectivity index (χ0) is 18.3. The molecule has 1 heterocycles. The highest BCUT2D eigenvalue weighted by Gasteiger charge is 2.40. The highest BCUT2D eigenvalue weighted by molar-refractivity contribution is 6.18. The van der Waals surface area contributed by atoms with E-state index in [-0.39, 0.29) is 5.75 Å². The molecule has 0 amide bonds. The molecule has 1 aliphatic heterocycles. The zero-order valence-electron chi connectivity index (χ0n) is 12.8. The van der Waals surface area contributed by atoms with E-state index in [9.17, 15) is 27.2 Å². The van der Waals surface area contributed by atoms with Crippen molar-refractivity contribution in [1.82, 2.24) is 0 Å². The lowest BCUT2D eigenvalue weighted by Crippen LogP contribution is -2.41. The van der Waals surface area contributed by atoms with Crippen LogP contribution in [0.4, 0.5) is 17.6 Å². The Bertz CT molecular complexity index is 712. The standard InChI is InChI=1S/C15H12F4O5/c1-14(2)23-12(20)9(13(21)24-14)5-7-4-8(22-3)6-10(11(7)16)15(17,18)19/h4-6H,1-3H3. The third-order valence-electron chi connectivity index (χ3n) is 3.03. The molecule has 5 nitrogen and oxygen atoms in total. The number of hydrogen-bond donors (Lipinski definition) is 0. The number of alkyl halides is 3. The maximum atomic E-state index is 14.1. The van der Waals surface area contributed by atoms with Crippen molar-refractivity contribution < 1.29 is 41.4 Å². The average Bonchev–Trinajstić information content (AvgIpc) is 2.42. The van der Waals surface area contributed by atoms with Gasteiger partial charge in [0.2, 0.25) is 0 Å². The van der Waals surface area contributed by atoms with E-state index in [1.54, 1.807) is 0 Å². The fraction of sp³-hybridized carbons (Fsp3) is 0.333. The second kappa shape index (κ2) is 5.81. The van der Waals surface area contributed by atoms with Crippen LogP contribution >= 0.6 is 0 Å². The Morgan fingerprint density at radius 3 is 2.12 bits per heavy atom.